The van der Waals surface area contributed by atoms with Gasteiger partial charge in [0, 0.05) is 16.1 Å². The largest absolute Gasteiger partial charge is 0.483 e. The highest BCUT2D eigenvalue weighted by Gasteiger charge is 2.16. The van der Waals surface area contributed by atoms with Gasteiger partial charge in [0.2, 0.25) is 0 Å². The molecule has 1 heterocycles. The van der Waals surface area contributed by atoms with Crippen molar-refractivity contribution >= 4 is 28.7 Å². The van der Waals surface area contributed by atoms with Crippen molar-refractivity contribution in [3.63, 3.8) is 0 Å². The minimum Gasteiger partial charge on any atom is -0.483 e. The van der Waals surface area contributed by atoms with Crippen molar-refractivity contribution in [3.05, 3.63) is 45.4 Å². The van der Waals surface area contributed by atoms with Crippen LogP contribution in [0.4, 0.5) is 0 Å². The van der Waals surface area contributed by atoms with Gasteiger partial charge in [-0.25, -0.2) is 4.98 Å². The van der Waals surface area contributed by atoms with E-state index in [-0.39, 0.29) is 5.78 Å². The van der Waals surface area contributed by atoms with Gasteiger partial charge in [-0.15, -0.1) is 11.3 Å². The number of halogens is 1. The second-order valence-electron chi connectivity index (χ2n) is 4.24. The fourth-order valence-electron chi connectivity index (χ4n) is 1.59. The van der Waals surface area contributed by atoms with Crippen LogP contribution in [0.2, 0.25) is 5.02 Å². The zero-order valence-corrected chi connectivity index (χ0v) is 12.3. The van der Waals surface area contributed by atoms with Gasteiger partial charge in [-0.05, 0) is 32.0 Å². The molecule has 0 N–H and O–H groups in total. The molecule has 0 saturated carbocycles. The van der Waals surface area contributed by atoms with Crippen LogP contribution in [0, 0.1) is 6.92 Å². The first-order valence-electron chi connectivity index (χ1n) is 5.90. The second-order valence-corrected chi connectivity index (χ2v) is 5.62. The molecule has 0 radical (unpaired) electrons. The van der Waals surface area contributed by atoms with E-state index in [0.717, 1.165) is 10.7 Å². The maximum atomic E-state index is 12.0. The summed E-state index contributed by atoms with van der Waals surface area (Å²) in [6, 6.07) is 7.03. The molecule has 0 aliphatic heterocycles. The molecule has 0 bridgehead atoms. The van der Waals surface area contributed by atoms with E-state index in [1.807, 2.05) is 12.3 Å². The molecule has 5 heteroatoms. The normalized spacial score (nSPS) is 12.2. The summed E-state index contributed by atoms with van der Waals surface area (Å²) in [5, 5.41) is 3.35. The third kappa shape index (κ3) is 4.04. The van der Waals surface area contributed by atoms with Crippen LogP contribution in [-0.2, 0) is 11.2 Å². The summed E-state index contributed by atoms with van der Waals surface area (Å²) in [6.07, 6.45) is -0.206. The molecule has 3 nitrogen and oxygen atoms in total. The molecule has 1 aromatic heterocycles. The summed E-state index contributed by atoms with van der Waals surface area (Å²) < 4.78 is 5.58. The summed E-state index contributed by atoms with van der Waals surface area (Å²) in [4.78, 5) is 16.3. The molecular weight excluding hydrogens is 282 g/mol. The van der Waals surface area contributed by atoms with Crippen molar-refractivity contribution in [2.45, 2.75) is 26.4 Å². The number of aromatic nitrogens is 1. The van der Waals surface area contributed by atoms with Crippen LogP contribution in [0.1, 0.15) is 17.6 Å². The van der Waals surface area contributed by atoms with E-state index >= 15 is 0 Å². The zero-order chi connectivity index (χ0) is 13.8. The summed E-state index contributed by atoms with van der Waals surface area (Å²) >= 11 is 7.36. The van der Waals surface area contributed by atoms with Gasteiger partial charge in [-0.3, -0.25) is 4.79 Å². The number of carbonyl (C=O) groups is 1. The Morgan fingerprint density at radius 1 is 1.53 bits per heavy atom. The Balaban J connectivity index is 1.96. The topological polar surface area (TPSA) is 39.2 Å². The standard InChI is InChI=1S/C14H14ClNO2S/c1-9-8-19-14(16-9)7-13(17)10(2)18-12-5-3-4-11(15)6-12/h3-6,8,10H,7H2,1-2H3. The number of aryl methyl sites for hydroxylation is 1. The van der Waals surface area contributed by atoms with Gasteiger partial charge < -0.3 is 4.74 Å². The van der Waals surface area contributed by atoms with Crippen LogP contribution in [0.25, 0.3) is 0 Å². The van der Waals surface area contributed by atoms with Gasteiger partial charge in [-0.1, -0.05) is 17.7 Å². The molecule has 19 heavy (non-hydrogen) atoms. The Hall–Kier alpha value is -1.39. The summed E-state index contributed by atoms with van der Waals surface area (Å²) in [6.45, 7) is 3.65. The van der Waals surface area contributed by atoms with Crippen LogP contribution >= 0.6 is 22.9 Å². The lowest BCUT2D eigenvalue weighted by atomic mass is 10.2. The minimum atomic E-state index is -0.511. The van der Waals surface area contributed by atoms with E-state index < -0.39 is 6.10 Å². The fraction of sp³-hybridized carbons (Fsp3) is 0.286. The van der Waals surface area contributed by atoms with Crippen LogP contribution < -0.4 is 4.74 Å². The first-order valence-corrected chi connectivity index (χ1v) is 7.16. The number of benzene rings is 1. The molecule has 100 valence electrons. The van der Waals surface area contributed by atoms with Crippen molar-refractivity contribution < 1.29 is 9.53 Å². The first kappa shape index (κ1) is 14.0. The summed E-state index contributed by atoms with van der Waals surface area (Å²) in [5.74, 6) is 0.609. The van der Waals surface area contributed by atoms with Crippen molar-refractivity contribution in [1.82, 2.24) is 4.98 Å². The molecule has 2 aromatic rings. The molecule has 0 aliphatic rings. The molecule has 0 amide bonds. The summed E-state index contributed by atoms with van der Waals surface area (Å²) in [5.41, 5.74) is 0.941. The first-order chi connectivity index (χ1) is 9.04. The number of ether oxygens (including phenoxy) is 1. The molecule has 0 fully saturated rings. The van der Waals surface area contributed by atoms with E-state index in [1.165, 1.54) is 11.3 Å². The Morgan fingerprint density at radius 2 is 2.32 bits per heavy atom. The van der Waals surface area contributed by atoms with Gasteiger partial charge in [0.1, 0.15) is 10.8 Å². The van der Waals surface area contributed by atoms with Gasteiger partial charge in [-0.2, -0.15) is 0 Å². The highest BCUT2D eigenvalue weighted by molar-refractivity contribution is 7.09. The summed E-state index contributed by atoms with van der Waals surface area (Å²) in [7, 11) is 0. The third-order valence-corrected chi connectivity index (χ3v) is 3.76. The molecule has 0 aliphatic carbocycles. The molecule has 0 spiro atoms. The number of hydrogen-bond donors (Lipinski definition) is 0. The third-order valence-electron chi connectivity index (χ3n) is 2.55. The van der Waals surface area contributed by atoms with Gasteiger partial charge >= 0.3 is 0 Å². The number of Topliss-reactive ketones (excluding diaryl/α,β-unsaturated/α-hetero) is 1. The van der Waals surface area contributed by atoms with Crippen molar-refractivity contribution in [2.75, 3.05) is 0 Å². The molecule has 2 rings (SSSR count). The predicted molar refractivity (Wildman–Crippen MR) is 77.1 cm³/mol. The van der Waals surface area contributed by atoms with E-state index in [0.29, 0.717) is 17.2 Å². The van der Waals surface area contributed by atoms with Crippen molar-refractivity contribution in [2.24, 2.45) is 0 Å². The van der Waals surface area contributed by atoms with E-state index in [9.17, 15) is 4.79 Å². The quantitative estimate of drug-likeness (QED) is 0.844. The smallest absolute Gasteiger partial charge is 0.179 e. The molecule has 0 saturated heterocycles. The molecular formula is C14H14ClNO2S. The van der Waals surface area contributed by atoms with Gasteiger partial charge in [0.25, 0.3) is 0 Å². The Labute approximate surface area is 121 Å². The maximum Gasteiger partial charge on any atom is 0.179 e. The fourth-order valence-corrected chi connectivity index (χ4v) is 2.55. The maximum absolute atomic E-state index is 12.0. The van der Waals surface area contributed by atoms with Crippen molar-refractivity contribution in [1.29, 1.82) is 0 Å². The Bertz CT molecular complexity index is 582. The Morgan fingerprint density at radius 3 is 2.95 bits per heavy atom. The SMILES string of the molecule is Cc1csc(CC(=O)C(C)Oc2cccc(Cl)c2)n1. The lowest BCUT2D eigenvalue weighted by Crippen LogP contribution is -2.25. The molecule has 1 unspecified atom stereocenters. The van der Waals surface area contributed by atoms with Crippen molar-refractivity contribution in [3.8, 4) is 5.75 Å². The van der Waals surface area contributed by atoms with Crippen LogP contribution in [0.3, 0.4) is 0 Å². The van der Waals surface area contributed by atoms with Crippen LogP contribution in [-0.4, -0.2) is 16.9 Å². The number of thiazole rings is 1. The number of carbonyl (C=O) groups excluding carboxylic acids is 1. The minimum absolute atomic E-state index is 0.00863. The zero-order valence-electron chi connectivity index (χ0n) is 10.7. The lowest BCUT2D eigenvalue weighted by Gasteiger charge is -2.13. The molecule has 1 atom stereocenters. The second kappa shape index (κ2) is 6.17. The number of hydrogen-bond acceptors (Lipinski definition) is 4. The van der Waals surface area contributed by atoms with Crippen LogP contribution in [0.5, 0.6) is 5.75 Å². The van der Waals surface area contributed by atoms with Crippen LogP contribution in [0.15, 0.2) is 29.6 Å². The molecule has 1 aromatic carbocycles. The number of rotatable bonds is 5. The average molecular weight is 296 g/mol. The van der Waals surface area contributed by atoms with E-state index in [4.69, 9.17) is 16.3 Å². The average Bonchev–Trinajstić information content (AvgIpc) is 2.74. The van der Waals surface area contributed by atoms with E-state index in [2.05, 4.69) is 4.98 Å². The highest BCUT2D eigenvalue weighted by Crippen LogP contribution is 2.19. The van der Waals surface area contributed by atoms with Gasteiger partial charge in [0.05, 0.1) is 6.42 Å². The number of ketones is 1. The Kier molecular flexibility index (Phi) is 4.56. The predicted octanol–water partition coefficient (Wildman–Crippen LogP) is 3.68. The highest BCUT2D eigenvalue weighted by atomic mass is 35.5. The number of nitrogens with zero attached hydrogens (tertiary/aromatic N) is 1. The lowest BCUT2D eigenvalue weighted by molar-refractivity contribution is -0.124. The van der Waals surface area contributed by atoms with Gasteiger partial charge in [0.15, 0.2) is 11.9 Å². The monoisotopic (exact) mass is 295 g/mol. The van der Waals surface area contributed by atoms with E-state index in [1.54, 1.807) is 31.2 Å².